The Morgan fingerprint density at radius 3 is 2.68 bits per heavy atom. The number of benzene rings is 1. The monoisotopic (exact) mass is 259 g/mol. The summed E-state index contributed by atoms with van der Waals surface area (Å²) >= 11 is 0. The zero-order valence-corrected chi connectivity index (χ0v) is 11.4. The second kappa shape index (κ2) is 4.85. The molecule has 4 heteroatoms. The summed E-state index contributed by atoms with van der Waals surface area (Å²) in [5, 5.41) is 3.63. The Hall–Kier alpha value is -1.55. The number of fused-ring (bicyclic) bond motifs is 3. The third kappa shape index (κ3) is 2.32. The molecular formula is C15H21N3O. The summed E-state index contributed by atoms with van der Waals surface area (Å²) in [6.07, 6.45) is 2.57. The molecule has 0 radical (unpaired) electrons. The molecular weight excluding hydrogens is 238 g/mol. The number of carbonyl (C=O) groups is 1. The van der Waals surface area contributed by atoms with Crippen molar-refractivity contribution in [1.82, 2.24) is 4.90 Å². The standard InChI is InChI=1S/C15H21N3O/c1-10-12(15(16)19)3-2-4-13(10)17-14-9-18-7-5-11(14)6-8-18/h2-4,11,14,17H,5-9H2,1H3,(H2,16,19). The third-order valence-corrected chi connectivity index (χ3v) is 4.60. The van der Waals surface area contributed by atoms with Crippen LogP contribution in [0.1, 0.15) is 28.8 Å². The van der Waals surface area contributed by atoms with Gasteiger partial charge >= 0.3 is 0 Å². The van der Waals surface area contributed by atoms with Gasteiger partial charge in [-0.15, -0.1) is 0 Å². The molecule has 0 spiro atoms. The summed E-state index contributed by atoms with van der Waals surface area (Å²) in [5.41, 5.74) is 8.03. The topological polar surface area (TPSA) is 58.4 Å². The van der Waals surface area contributed by atoms with E-state index in [4.69, 9.17) is 5.73 Å². The van der Waals surface area contributed by atoms with Crippen LogP contribution in [0.4, 0.5) is 5.69 Å². The minimum Gasteiger partial charge on any atom is -0.381 e. The Balaban J connectivity index is 1.80. The summed E-state index contributed by atoms with van der Waals surface area (Å²) < 4.78 is 0. The molecule has 3 aliphatic heterocycles. The minimum absolute atomic E-state index is 0.352. The van der Waals surface area contributed by atoms with Crippen molar-refractivity contribution < 1.29 is 4.79 Å². The fourth-order valence-electron chi connectivity index (χ4n) is 3.39. The molecule has 0 aromatic heterocycles. The van der Waals surface area contributed by atoms with Gasteiger partial charge in [-0.1, -0.05) is 6.07 Å². The first kappa shape index (κ1) is 12.5. The van der Waals surface area contributed by atoms with E-state index in [1.54, 1.807) is 6.07 Å². The molecule has 4 nitrogen and oxygen atoms in total. The van der Waals surface area contributed by atoms with Gasteiger partial charge in [-0.25, -0.2) is 0 Å². The second-order valence-corrected chi connectivity index (χ2v) is 5.73. The van der Waals surface area contributed by atoms with E-state index in [-0.39, 0.29) is 5.91 Å². The number of amides is 1. The van der Waals surface area contributed by atoms with Gasteiger partial charge in [0.05, 0.1) is 0 Å². The first-order valence-corrected chi connectivity index (χ1v) is 7.03. The molecule has 2 bridgehead atoms. The molecule has 4 rings (SSSR count). The van der Waals surface area contributed by atoms with E-state index in [1.165, 1.54) is 25.9 Å². The third-order valence-electron chi connectivity index (χ3n) is 4.60. The van der Waals surface area contributed by atoms with Gasteiger partial charge in [-0.05, 0) is 56.5 Å². The zero-order chi connectivity index (χ0) is 13.4. The maximum absolute atomic E-state index is 11.4. The Morgan fingerprint density at radius 2 is 2.11 bits per heavy atom. The molecule has 19 heavy (non-hydrogen) atoms. The second-order valence-electron chi connectivity index (χ2n) is 5.73. The van der Waals surface area contributed by atoms with Gasteiger partial charge in [0.15, 0.2) is 0 Å². The van der Waals surface area contributed by atoms with Gasteiger partial charge in [0.25, 0.3) is 0 Å². The number of anilines is 1. The van der Waals surface area contributed by atoms with Crippen LogP contribution >= 0.6 is 0 Å². The Bertz CT molecular complexity index is 492. The van der Waals surface area contributed by atoms with Crippen LogP contribution in [0.3, 0.4) is 0 Å². The van der Waals surface area contributed by atoms with Crippen molar-refractivity contribution in [3.63, 3.8) is 0 Å². The number of carbonyl (C=O) groups excluding carboxylic acids is 1. The highest BCUT2D eigenvalue weighted by Crippen LogP contribution is 2.30. The van der Waals surface area contributed by atoms with Crippen LogP contribution < -0.4 is 11.1 Å². The average molecular weight is 259 g/mol. The maximum atomic E-state index is 11.4. The van der Waals surface area contributed by atoms with E-state index in [1.807, 2.05) is 19.1 Å². The van der Waals surface area contributed by atoms with Gasteiger partial charge in [0, 0.05) is 23.8 Å². The van der Waals surface area contributed by atoms with E-state index in [9.17, 15) is 4.79 Å². The van der Waals surface area contributed by atoms with Crippen LogP contribution in [0, 0.1) is 12.8 Å². The Kier molecular flexibility index (Phi) is 3.19. The van der Waals surface area contributed by atoms with Gasteiger partial charge < -0.3 is 16.0 Å². The van der Waals surface area contributed by atoms with Crippen molar-refractivity contribution in [1.29, 1.82) is 0 Å². The van der Waals surface area contributed by atoms with Crippen molar-refractivity contribution in [3.8, 4) is 0 Å². The maximum Gasteiger partial charge on any atom is 0.249 e. The van der Waals surface area contributed by atoms with Crippen LogP contribution in [0.2, 0.25) is 0 Å². The fraction of sp³-hybridized carbons (Fsp3) is 0.533. The van der Waals surface area contributed by atoms with Gasteiger partial charge in [0.2, 0.25) is 5.91 Å². The zero-order valence-electron chi connectivity index (χ0n) is 11.4. The van der Waals surface area contributed by atoms with Crippen LogP contribution in [0.25, 0.3) is 0 Å². The van der Waals surface area contributed by atoms with Crippen molar-refractivity contribution in [2.75, 3.05) is 25.0 Å². The predicted octanol–water partition coefficient (Wildman–Crippen LogP) is 1.60. The molecule has 3 fully saturated rings. The van der Waals surface area contributed by atoms with E-state index in [0.717, 1.165) is 23.7 Å². The Labute approximate surface area is 114 Å². The minimum atomic E-state index is -0.352. The number of rotatable bonds is 3. The summed E-state index contributed by atoms with van der Waals surface area (Å²) in [5.74, 6) is 0.414. The number of piperidine rings is 3. The average Bonchev–Trinajstić information content (AvgIpc) is 2.42. The van der Waals surface area contributed by atoms with Crippen LogP contribution in [0.15, 0.2) is 18.2 Å². The first-order chi connectivity index (χ1) is 9.15. The number of nitrogens with two attached hydrogens (primary N) is 1. The molecule has 1 unspecified atom stereocenters. The highest BCUT2D eigenvalue weighted by atomic mass is 16.1. The van der Waals surface area contributed by atoms with Crippen molar-refractivity contribution in [2.24, 2.45) is 11.7 Å². The van der Waals surface area contributed by atoms with Crippen LogP contribution in [-0.4, -0.2) is 36.5 Å². The van der Waals surface area contributed by atoms with Crippen LogP contribution in [0.5, 0.6) is 0 Å². The number of hydrogen-bond donors (Lipinski definition) is 2. The summed E-state index contributed by atoms with van der Waals surface area (Å²) in [6.45, 7) is 5.56. The van der Waals surface area contributed by atoms with E-state index in [2.05, 4.69) is 10.2 Å². The lowest BCUT2D eigenvalue weighted by atomic mass is 9.84. The van der Waals surface area contributed by atoms with Gasteiger partial charge in [0.1, 0.15) is 0 Å². The SMILES string of the molecule is Cc1c(NC2CN3CCC2CC3)cccc1C(N)=O. The molecule has 1 atom stereocenters. The van der Waals surface area contributed by atoms with Gasteiger partial charge in [-0.3, -0.25) is 4.79 Å². The largest absolute Gasteiger partial charge is 0.381 e. The summed E-state index contributed by atoms with van der Waals surface area (Å²) in [7, 11) is 0. The highest BCUT2D eigenvalue weighted by molar-refractivity contribution is 5.95. The number of nitrogens with zero attached hydrogens (tertiary/aromatic N) is 1. The van der Waals surface area contributed by atoms with E-state index >= 15 is 0 Å². The highest BCUT2D eigenvalue weighted by Gasteiger charge is 2.34. The molecule has 0 saturated carbocycles. The smallest absolute Gasteiger partial charge is 0.249 e. The quantitative estimate of drug-likeness (QED) is 0.867. The molecule has 1 aromatic carbocycles. The number of hydrogen-bond acceptors (Lipinski definition) is 3. The number of nitrogens with one attached hydrogen (secondary N) is 1. The lowest BCUT2D eigenvalue weighted by Crippen LogP contribution is -2.53. The van der Waals surface area contributed by atoms with Gasteiger partial charge in [-0.2, -0.15) is 0 Å². The molecule has 3 heterocycles. The number of primary amides is 1. The fourth-order valence-corrected chi connectivity index (χ4v) is 3.39. The van der Waals surface area contributed by atoms with E-state index < -0.39 is 0 Å². The molecule has 3 saturated heterocycles. The van der Waals surface area contributed by atoms with Crippen LogP contribution in [-0.2, 0) is 0 Å². The molecule has 102 valence electrons. The van der Waals surface area contributed by atoms with Crippen molar-refractivity contribution in [2.45, 2.75) is 25.8 Å². The normalized spacial score (nSPS) is 29.2. The van der Waals surface area contributed by atoms with Crippen molar-refractivity contribution >= 4 is 11.6 Å². The summed E-state index contributed by atoms with van der Waals surface area (Å²) in [6, 6.07) is 6.24. The summed E-state index contributed by atoms with van der Waals surface area (Å²) in [4.78, 5) is 13.9. The molecule has 1 amide bonds. The lowest BCUT2D eigenvalue weighted by molar-refractivity contribution is 0.0974. The Morgan fingerprint density at radius 1 is 1.37 bits per heavy atom. The lowest BCUT2D eigenvalue weighted by Gasteiger charge is -2.45. The van der Waals surface area contributed by atoms with Crippen molar-refractivity contribution in [3.05, 3.63) is 29.3 Å². The predicted molar refractivity (Wildman–Crippen MR) is 76.3 cm³/mol. The molecule has 3 N–H and O–H groups in total. The molecule has 1 aromatic rings. The first-order valence-electron chi connectivity index (χ1n) is 7.03. The van der Waals surface area contributed by atoms with E-state index in [0.29, 0.717) is 11.6 Å². The molecule has 3 aliphatic rings. The molecule has 0 aliphatic carbocycles.